The van der Waals surface area contributed by atoms with E-state index in [-0.39, 0.29) is 17.8 Å². The molecule has 0 N–H and O–H groups in total. The highest BCUT2D eigenvalue weighted by Crippen LogP contribution is 2.32. The topological polar surface area (TPSA) is 39.4 Å². The molecule has 0 saturated carbocycles. The first-order valence-corrected chi connectivity index (χ1v) is 9.00. The van der Waals surface area contributed by atoms with E-state index in [2.05, 4.69) is 0 Å². The Morgan fingerprint density at radius 3 is 2.44 bits per heavy atom. The van der Waals surface area contributed by atoms with Crippen LogP contribution in [0.1, 0.15) is 11.1 Å². The van der Waals surface area contributed by atoms with E-state index in [4.69, 9.17) is 20.8 Å². The highest BCUT2D eigenvalue weighted by atomic mass is 35.5. The van der Waals surface area contributed by atoms with Crippen LogP contribution in [0.3, 0.4) is 0 Å². The van der Waals surface area contributed by atoms with Crippen molar-refractivity contribution >= 4 is 22.6 Å². The van der Waals surface area contributed by atoms with Gasteiger partial charge >= 0.3 is 0 Å². The molecule has 4 aromatic rings. The third-order valence-electron chi connectivity index (χ3n) is 4.35. The standard InChI is InChI=1S/C23H17ClO3/c1-15-7-9-17(10-8-15)22-23(26-14-16-5-3-2-4-6-16)21(25)19-13-18(24)11-12-20(19)27-22/h2-13H,14H2,1H3. The fourth-order valence-corrected chi connectivity index (χ4v) is 3.08. The van der Waals surface area contributed by atoms with Gasteiger partial charge in [0.1, 0.15) is 12.2 Å². The zero-order valence-electron chi connectivity index (χ0n) is 14.7. The van der Waals surface area contributed by atoms with Gasteiger partial charge in [-0.1, -0.05) is 71.8 Å². The van der Waals surface area contributed by atoms with Crippen molar-refractivity contribution in [3.8, 4) is 17.1 Å². The highest BCUT2D eigenvalue weighted by Gasteiger charge is 2.18. The third kappa shape index (κ3) is 3.60. The van der Waals surface area contributed by atoms with E-state index in [1.165, 1.54) is 0 Å². The van der Waals surface area contributed by atoms with Crippen molar-refractivity contribution in [2.45, 2.75) is 13.5 Å². The molecule has 1 aromatic heterocycles. The second-order valence-corrected chi connectivity index (χ2v) is 6.81. The summed E-state index contributed by atoms with van der Waals surface area (Å²) in [7, 11) is 0. The van der Waals surface area contributed by atoms with Crippen molar-refractivity contribution in [3.63, 3.8) is 0 Å². The molecule has 0 amide bonds. The van der Waals surface area contributed by atoms with Crippen molar-refractivity contribution in [3.05, 3.63) is 99.2 Å². The Morgan fingerprint density at radius 1 is 0.963 bits per heavy atom. The van der Waals surface area contributed by atoms with Crippen molar-refractivity contribution in [2.75, 3.05) is 0 Å². The van der Waals surface area contributed by atoms with Gasteiger partial charge in [0.2, 0.25) is 11.2 Å². The fraction of sp³-hybridized carbons (Fsp3) is 0.0870. The van der Waals surface area contributed by atoms with E-state index in [0.29, 0.717) is 21.8 Å². The molecule has 0 aliphatic rings. The Morgan fingerprint density at radius 2 is 1.70 bits per heavy atom. The molecule has 27 heavy (non-hydrogen) atoms. The van der Waals surface area contributed by atoms with E-state index in [1.807, 2.05) is 61.5 Å². The molecule has 0 fully saturated rings. The van der Waals surface area contributed by atoms with Crippen LogP contribution in [-0.4, -0.2) is 0 Å². The summed E-state index contributed by atoms with van der Waals surface area (Å²) in [6.45, 7) is 2.28. The summed E-state index contributed by atoms with van der Waals surface area (Å²) in [5.41, 5.74) is 3.13. The van der Waals surface area contributed by atoms with E-state index in [9.17, 15) is 4.79 Å². The third-order valence-corrected chi connectivity index (χ3v) is 4.59. The zero-order valence-corrected chi connectivity index (χ0v) is 15.5. The largest absolute Gasteiger partial charge is 0.481 e. The molecule has 0 aliphatic heterocycles. The molecule has 4 heteroatoms. The van der Waals surface area contributed by atoms with Crippen LogP contribution in [-0.2, 0) is 6.61 Å². The summed E-state index contributed by atoms with van der Waals surface area (Å²) in [5.74, 6) is 0.614. The molecule has 0 unspecified atom stereocenters. The van der Waals surface area contributed by atoms with Crippen LogP contribution in [0, 0.1) is 6.92 Å². The van der Waals surface area contributed by atoms with Crippen LogP contribution in [0.4, 0.5) is 0 Å². The van der Waals surface area contributed by atoms with Gasteiger partial charge in [0.05, 0.1) is 5.39 Å². The lowest BCUT2D eigenvalue weighted by Gasteiger charge is -2.12. The van der Waals surface area contributed by atoms with Crippen LogP contribution in [0.2, 0.25) is 5.02 Å². The Kier molecular flexibility index (Phi) is 4.69. The predicted octanol–water partition coefficient (Wildman–Crippen LogP) is 6.00. The first-order chi connectivity index (χ1) is 13.1. The Bertz CT molecular complexity index is 1150. The Hall–Kier alpha value is -3.04. The van der Waals surface area contributed by atoms with Crippen molar-refractivity contribution in [1.29, 1.82) is 0 Å². The van der Waals surface area contributed by atoms with Gasteiger partial charge in [0.15, 0.2) is 5.76 Å². The molecule has 134 valence electrons. The minimum Gasteiger partial charge on any atom is -0.481 e. The van der Waals surface area contributed by atoms with E-state index < -0.39 is 0 Å². The SMILES string of the molecule is Cc1ccc(-c2oc3ccc(Cl)cc3c(=O)c2OCc2ccccc2)cc1. The molecule has 1 heterocycles. The summed E-state index contributed by atoms with van der Waals surface area (Å²) in [5, 5.41) is 0.883. The van der Waals surface area contributed by atoms with E-state index >= 15 is 0 Å². The van der Waals surface area contributed by atoms with Crippen LogP contribution < -0.4 is 10.2 Å². The predicted molar refractivity (Wildman–Crippen MR) is 108 cm³/mol. The van der Waals surface area contributed by atoms with Crippen molar-refractivity contribution in [1.82, 2.24) is 0 Å². The van der Waals surface area contributed by atoms with E-state index in [1.54, 1.807) is 18.2 Å². The summed E-state index contributed by atoms with van der Waals surface area (Å²) >= 11 is 6.07. The minimum atomic E-state index is -0.231. The first kappa shape index (κ1) is 17.4. The normalized spacial score (nSPS) is 10.9. The van der Waals surface area contributed by atoms with Gasteiger partial charge in [0.25, 0.3) is 0 Å². The van der Waals surface area contributed by atoms with Crippen LogP contribution >= 0.6 is 11.6 Å². The average molecular weight is 377 g/mol. The quantitative estimate of drug-likeness (QED) is 0.438. The van der Waals surface area contributed by atoms with Crippen LogP contribution in [0.25, 0.3) is 22.3 Å². The number of fused-ring (bicyclic) bond motifs is 1. The highest BCUT2D eigenvalue weighted by molar-refractivity contribution is 6.31. The number of hydrogen-bond acceptors (Lipinski definition) is 3. The molecule has 0 radical (unpaired) electrons. The number of aryl methyl sites for hydroxylation is 1. The molecular weight excluding hydrogens is 360 g/mol. The second kappa shape index (κ2) is 7.29. The number of halogens is 1. The maximum atomic E-state index is 13.1. The Balaban J connectivity index is 1.87. The smallest absolute Gasteiger partial charge is 0.235 e. The lowest BCUT2D eigenvalue weighted by Crippen LogP contribution is -2.10. The van der Waals surface area contributed by atoms with Crippen LogP contribution in [0.15, 0.2) is 82.0 Å². The lowest BCUT2D eigenvalue weighted by atomic mass is 10.1. The summed E-state index contributed by atoms with van der Waals surface area (Å²) < 4.78 is 12.0. The molecule has 0 saturated heterocycles. The summed E-state index contributed by atoms with van der Waals surface area (Å²) in [6, 6.07) is 22.5. The molecule has 3 aromatic carbocycles. The molecule has 0 atom stereocenters. The second-order valence-electron chi connectivity index (χ2n) is 6.37. The van der Waals surface area contributed by atoms with Crippen LogP contribution in [0.5, 0.6) is 5.75 Å². The maximum Gasteiger partial charge on any atom is 0.235 e. The van der Waals surface area contributed by atoms with E-state index in [0.717, 1.165) is 16.7 Å². The molecular formula is C23H17ClO3. The minimum absolute atomic E-state index is 0.192. The molecule has 0 spiro atoms. The van der Waals surface area contributed by atoms with Gasteiger partial charge in [-0.25, -0.2) is 0 Å². The molecule has 4 rings (SSSR count). The Labute approximate surface area is 161 Å². The van der Waals surface area contributed by atoms with Crippen molar-refractivity contribution in [2.24, 2.45) is 0 Å². The van der Waals surface area contributed by atoms with Gasteiger partial charge in [0, 0.05) is 10.6 Å². The maximum absolute atomic E-state index is 13.1. The van der Waals surface area contributed by atoms with Gasteiger partial charge in [-0.05, 0) is 30.7 Å². The lowest BCUT2D eigenvalue weighted by molar-refractivity contribution is 0.298. The van der Waals surface area contributed by atoms with Gasteiger partial charge < -0.3 is 9.15 Å². The number of benzene rings is 3. The van der Waals surface area contributed by atoms with Gasteiger partial charge in [-0.3, -0.25) is 4.79 Å². The van der Waals surface area contributed by atoms with Gasteiger partial charge in [-0.15, -0.1) is 0 Å². The average Bonchev–Trinajstić information content (AvgIpc) is 2.69. The fourth-order valence-electron chi connectivity index (χ4n) is 2.91. The van der Waals surface area contributed by atoms with Gasteiger partial charge in [-0.2, -0.15) is 0 Å². The number of hydrogen-bond donors (Lipinski definition) is 0. The summed E-state index contributed by atoms with van der Waals surface area (Å²) in [4.78, 5) is 13.1. The summed E-state index contributed by atoms with van der Waals surface area (Å²) in [6.07, 6.45) is 0. The molecule has 0 aliphatic carbocycles. The first-order valence-electron chi connectivity index (χ1n) is 8.62. The van der Waals surface area contributed by atoms with Crippen molar-refractivity contribution < 1.29 is 9.15 Å². The number of rotatable bonds is 4. The molecule has 3 nitrogen and oxygen atoms in total. The zero-order chi connectivity index (χ0) is 18.8. The molecule has 0 bridgehead atoms. The number of ether oxygens (including phenoxy) is 1. The monoisotopic (exact) mass is 376 g/mol.